The highest BCUT2D eigenvalue weighted by molar-refractivity contribution is 7.21. The Morgan fingerprint density at radius 1 is 0.959 bits per heavy atom. The largest absolute Gasteiger partial charge is 0.457 e. The van der Waals surface area contributed by atoms with Crippen LogP contribution in [0, 0.1) is 24.2 Å². The number of amides is 2. The fourth-order valence-corrected chi connectivity index (χ4v) is 8.36. The van der Waals surface area contributed by atoms with E-state index in [2.05, 4.69) is 10.6 Å². The molecular weight excluding hydrogens is 637 g/mol. The molecule has 1 aromatic heterocycles. The van der Waals surface area contributed by atoms with Gasteiger partial charge in [0.15, 0.2) is 5.78 Å². The second-order valence-corrected chi connectivity index (χ2v) is 14.3. The SMILES string of the molecule is Cc1cc(Oc2ccccc2)ccc1C1(N)C(=O)C(N)c2c(C(=O)NC3CCC(NC(=O)/C(C#N)=C/C4CC4)CC3)sc3c(N)ccc1c23. The lowest BCUT2D eigenvalue weighted by Gasteiger charge is -2.37. The number of ether oxygens (including phenoxy) is 1. The fourth-order valence-electron chi connectivity index (χ4n) is 7.15. The number of anilines is 1. The van der Waals surface area contributed by atoms with E-state index in [1.807, 2.05) is 49.4 Å². The summed E-state index contributed by atoms with van der Waals surface area (Å²) < 4.78 is 6.68. The lowest BCUT2D eigenvalue weighted by atomic mass is 9.69. The summed E-state index contributed by atoms with van der Waals surface area (Å²) in [6.45, 7) is 1.88. The molecule has 0 saturated heterocycles. The zero-order chi connectivity index (χ0) is 34.4. The Morgan fingerprint density at radius 3 is 2.29 bits per heavy atom. The molecule has 3 aliphatic rings. The fraction of sp³-hybridized carbons (Fsp3) is 0.316. The van der Waals surface area contributed by atoms with Crippen molar-refractivity contribution in [1.29, 1.82) is 5.26 Å². The maximum absolute atomic E-state index is 14.3. The average molecular weight is 675 g/mol. The van der Waals surface area contributed by atoms with E-state index >= 15 is 0 Å². The number of nitrogens with zero attached hydrogens (tertiary/aromatic N) is 1. The van der Waals surface area contributed by atoms with Gasteiger partial charge in [0.2, 0.25) is 0 Å². The summed E-state index contributed by atoms with van der Waals surface area (Å²) in [4.78, 5) is 41.1. The van der Waals surface area contributed by atoms with Gasteiger partial charge in [-0.05, 0) is 98.4 Å². The molecule has 2 unspecified atom stereocenters. The highest BCUT2D eigenvalue weighted by Crippen LogP contribution is 2.50. The third-order valence-electron chi connectivity index (χ3n) is 9.91. The van der Waals surface area contributed by atoms with E-state index in [0.29, 0.717) is 80.4 Å². The van der Waals surface area contributed by atoms with Crippen molar-refractivity contribution < 1.29 is 19.1 Å². The Hall–Kier alpha value is -5.02. The number of nitriles is 1. The van der Waals surface area contributed by atoms with Crippen LogP contribution in [0.2, 0.25) is 0 Å². The van der Waals surface area contributed by atoms with E-state index in [1.165, 1.54) is 11.3 Å². The number of ketones is 1. The summed E-state index contributed by atoms with van der Waals surface area (Å²) in [5, 5.41) is 16.2. The Labute approximate surface area is 288 Å². The van der Waals surface area contributed by atoms with Crippen LogP contribution in [0.5, 0.6) is 11.5 Å². The van der Waals surface area contributed by atoms with Gasteiger partial charge in [-0.25, -0.2) is 0 Å². The molecule has 2 amide bonds. The van der Waals surface area contributed by atoms with E-state index in [4.69, 9.17) is 21.9 Å². The number of nitrogens with one attached hydrogen (secondary N) is 2. The van der Waals surface area contributed by atoms with E-state index < -0.39 is 17.4 Å². The minimum absolute atomic E-state index is 0.0735. The third-order valence-corrected chi connectivity index (χ3v) is 11.2. The van der Waals surface area contributed by atoms with Crippen molar-refractivity contribution in [1.82, 2.24) is 10.6 Å². The molecule has 7 rings (SSSR count). The number of carbonyl (C=O) groups is 3. The lowest BCUT2D eigenvalue weighted by molar-refractivity contribution is -0.124. The number of nitrogens with two attached hydrogens (primary N) is 3. The molecule has 4 aromatic rings. The summed E-state index contributed by atoms with van der Waals surface area (Å²) >= 11 is 1.22. The third kappa shape index (κ3) is 5.97. The maximum Gasteiger partial charge on any atom is 0.261 e. The van der Waals surface area contributed by atoms with E-state index in [1.54, 1.807) is 30.3 Å². The van der Waals surface area contributed by atoms with Gasteiger partial charge in [-0.2, -0.15) is 5.26 Å². The Kier molecular flexibility index (Phi) is 8.48. The van der Waals surface area contributed by atoms with Gasteiger partial charge >= 0.3 is 0 Å². The van der Waals surface area contributed by atoms with Crippen molar-refractivity contribution in [2.75, 3.05) is 5.73 Å². The second-order valence-electron chi connectivity index (χ2n) is 13.3. The Balaban J connectivity index is 1.13. The van der Waals surface area contributed by atoms with Crippen LogP contribution in [0.3, 0.4) is 0 Å². The van der Waals surface area contributed by atoms with Crippen molar-refractivity contribution in [3.8, 4) is 17.6 Å². The first-order valence-electron chi connectivity index (χ1n) is 16.6. The monoisotopic (exact) mass is 674 g/mol. The van der Waals surface area contributed by atoms with Crippen LogP contribution < -0.4 is 32.6 Å². The quantitative estimate of drug-likeness (QED) is 0.0935. The van der Waals surface area contributed by atoms with Crippen LogP contribution in [0.1, 0.15) is 76.5 Å². The summed E-state index contributed by atoms with van der Waals surface area (Å²) in [5.41, 5.74) is 21.7. The topological polar surface area (TPSA) is 186 Å². The molecule has 0 spiro atoms. The van der Waals surface area contributed by atoms with Gasteiger partial charge in [0.05, 0.1) is 15.6 Å². The van der Waals surface area contributed by atoms with Gasteiger partial charge < -0.3 is 32.6 Å². The second kappa shape index (κ2) is 12.8. The summed E-state index contributed by atoms with van der Waals surface area (Å²) in [5.74, 6) is 0.558. The molecule has 49 heavy (non-hydrogen) atoms. The molecule has 8 N–H and O–H groups in total. The molecule has 2 atom stereocenters. The average Bonchev–Trinajstić information content (AvgIpc) is 3.83. The van der Waals surface area contributed by atoms with Gasteiger partial charge in [-0.15, -0.1) is 11.3 Å². The zero-order valence-electron chi connectivity index (χ0n) is 27.1. The molecule has 11 heteroatoms. The molecule has 2 fully saturated rings. The Bertz CT molecular complexity index is 2060. The number of nitrogen functional groups attached to an aromatic ring is 1. The molecule has 0 bridgehead atoms. The van der Waals surface area contributed by atoms with Crippen LogP contribution in [0.15, 0.2) is 72.3 Å². The van der Waals surface area contributed by atoms with Crippen LogP contribution in [-0.4, -0.2) is 29.7 Å². The molecule has 1 heterocycles. The van der Waals surface area contributed by atoms with Crippen LogP contribution in [-0.2, 0) is 15.1 Å². The van der Waals surface area contributed by atoms with Gasteiger partial charge in [0.1, 0.15) is 28.7 Å². The van der Waals surface area contributed by atoms with Gasteiger partial charge in [-0.1, -0.05) is 36.4 Å². The number of carbonyl (C=O) groups excluding carboxylic acids is 3. The first-order valence-corrected chi connectivity index (χ1v) is 17.4. The molecular formula is C38H38N6O4S. The number of benzene rings is 3. The number of rotatable bonds is 8. The van der Waals surface area contributed by atoms with E-state index in [0.717, 1.165) is 18.4 Å². The molecule has 3 aromatic carbocycles. The van der Waals surface area contributed by atoms with Crippen molar-refractivity contribution in [3.05, 3.63) is 99.4 Å². The summed E-state index contributed by atoms with van der Waals surface area (Å²) in [7, 11) is 0. The number of hydrogen-bond donors (Lipinski definition) is 5. The Morgan fingerprint density at radius 2 is 1.63 bits per heavy atom. The number of hydrogen-bond acceptors (Lipinski definition) is 9. The number of para-hydroxylation sites is 1. The van der Waals surface area contributed by atoms with Gasteiger partial charge in [-0.3, -0.25) is 14.4 Å². The summed E-state index contributed by atoms with van der Waals surface area (Å²) in [6, 6.07) is 19.0. The zero-order valence-corrected chi connectivity index (χ0v) is 27.9. The maximum atomic E-state index is 14.3. The standard InChI is InChI=1S/C38H38N6O4S/c1-20-17-26(48-25-5-3-2-4-6-25)13-14-27(20)38(42)28-15-16-29(40)33-30(28)31(32(41)35(38)45)34(49-33)37(47)44-24-11-9-23(10-12-24)43-36(46)22(19-39)18-21-7-8-21/h2-6,13-18,21,23-24,32H,7-12,40-42H2,1H3,(H,43,46)(H,44,47)/b22-18+. The predicted octanol–water partition coefficient (Wildman–Crippen LogP) is 5.39. The van der Waals surface area contributed by atoms with Crippen LogP contribution in [0.4, 0.5) is 5.69 Å². The molecule has 0 aliphatic heterocycles. The lowest BCUT2D eigenvalue weighted by Crippen LogP contribution is -2.53. The van der Waals surface area contributed by atoms with Gasteiger partial charge in [0, 0.05) is 28.7 Å². The van der Waals surface area contributed by atoms with Crippen LogP contribution >= 0.6 is 11.3 Å². The summed E-state index contributed by atoms with van der Waals surface area (Å²) in [6.07, 6.45) is 6.43. The van der Waals surface area contributed by atoms with Crippen molar-refractivity contribution >= 4 is 44.7 Å². The predicted molar refractivity (Wildman–Crippen MR) is 189 cm³/mol. The first kappa shape index (κ1) is 32.5. The molecule has 3 aliphatic carbocycles. The van der Waals surface area contributed by atoms with Crippen molar-refractivity contribution in [3.63, 3.8) is 0 Å². The van der Waals surface area contributed by atoms with E-state index in [9.17, 15) is 19.6 Å². The molecule has 2 saturated carbocycles. The first-order chi connectivity index (χ1) is 23.6. The number of Topliss-reactive ketones (excluding diaryl/α,β-unsaturated/α-hetero) is 1. The highest BCUT2D eigenvalue weighted by atomic mass is 32.1. The van der Waals surface area contributed by atoms with Gasteiger partial charge in [0.25, 0.3) is 11.8 Å². The minimum Gasteiger partial charge on any atom is -0.457 e. The number of allylic oxidation sites excluding steroid dienone is 1. The normalized spacial score (nSPS) is 23.5. The molecule has 10 nitrogen and oxygen atoms in total. The smallest absolute Gasteiger partial charge is 0.261 e. The minimum atomic E-state index is -1.58. The highest BCUT2D eigenvalue weighted by Gasteiger charge is 2.49. The molecule has 0 radical (unpaired) electrons. The van der Waals surface area contributed by atoms with E-state index in [-0.39, 0.29) is 29.5 Å². The number of thiophene rings is 1. The van der Waals surface area contributed by atoms with Crippen molar-refractivity contribution in [2.45, 2.75) is 69.1 Å². The molecule has 250 valence electrons. The number of aryl methyl sites for hydroxylation is 1. The van der Waals surface area contributed by atoms with Crippen LogP contribution in [0.25, 0.3) is 10.1 Å². The van der Waals surface area contributed by atoms with Crippen molar-refractivity contribution in [2.24, 2.45) is 17.4 Å².